The molecule has 2 rings (SSSR count). The van der Waals surface area contributed by atoms with E-state index in [1.165, 1.54) is 0 Å². The number of allylic oxidation sites excluding steroid dienone is 1. The van der Waals surface area contributed by atoms with E-state index in [4.69, 9.17) is 4.74 Å². The van der Waals surface area contributed by atoms with Crippen molar-refractivity contribution in [1.82, 2.24) is 4.90 Å². The number of carbonyl (C=O) groups is 1. The van der Waals surface area contributed by atoms with E-state index in [1.807, 2.05) is 47.0 Å². The highest BCUT2D eigenvalue weighted by Crippen LogP contribution is 2.30. The first-order chi connectivity index (χ1) is 10.7. The standard InChI is InChI=1S/C19H28N2O2/c1-14-10-11-17(15-8-7-9-16(12-15)20(5)6)21(13-14)18(22)23-19(2,3)4/h7-9,11-12,14H,10,13H2,1-6H3. The SMILES string of the molecule is CC1CC=C(c2cccc(N(C)C)c2)N(C(=O)OC(C)(C)C)C1. The summed E-state index contributed by atoms with van der Waals surface area (Å²) >= 11 is 0. The monoisotopic (exact) mass is 316 g/mol. The van der Waals surface area contributed by atoms with Gasteiger partial charge in [-0.3, -0.25) is 4.90 Å². The number of hydrogen-bond donors (Lipinski definition) is 0. The van der Waals surface area contributed by atoms with Gasteiger partial charge in [-0.05, 0) is 45.2 Å². The molecular formula is C19H28N2O2. The van der Waals surface area contributed by atoms with Gasteiger partial charge < -0.3 is 9.64 Å². The maximum absolute atomic E-state index is 12.6. The van der Waals surface area contributed by atoms with E-state index in [1.54, 1.807) is 4.90 Å². The summed E-state index contributed by atoms with van der Waals surface area (Å²) < 4.78 is 5.59. The molecule has 1 aliphatic heterocycles. The highest BCUT2D eigenvalue weighted by atomic mass is 16.6. The third-order valence-corrected chi connectivity index (χ3v) is 3.77. The van der Waals surface area contributed by atoms with Gasteiger partial charge >= 0.3 is 6.09 Å². The van der Waals surface area contributed by atoms with Crippen molar-refractivity contribution < 1.29 is 9.53 Å². The molecule has 1 aromatic carbocycles. The molecule has 0 N–H and O–H groups in total. The second-order valence-corrected chi connectivity index (χ2v) is 7.47. The Morgan fingerprint density at radius 1 is 1.30 bits per heavy atom. The number of ether oxygens (including phenoxy) is 1. The van der Waals surface area contributed by atoms with Crippen LogP contribution < -0.4 is 4.90 Å². The molecule has 1 aliphatic rings. The zero-order valence-corrected chi connectivity index (χ0v) is 15.1. The molecule has 0 bridgehead atoms. The smallest absolute Gasteiger partial charge is 0.414 e. The molecule has 1 heterocycles. The minimum atomic E-state index is -0.492. The highest BCUT2D eigenvalue weighted by molar-refractivity contribution is 5.83. The third-order valence-electron chi connectivity index (χ3n) is 3.77. The Kier molecular flexibility index (Phi) is 5.03. The van der Waals surface area contributed by atoms with Crippen LogP contribution in [0.5, 0.6) is 0 Å². The minimum Gasteiger partial charge on any atom is -0.443 e. The molecule has 0 fully saturated rings. The van der Waals surface area contributed by atoms with Gasteiger partial charge in [-0.15, -0.1) is 0 Å². The lowest BCUT2D eigenvalue weighted by atomic mass is 9.98. The topological polar surface area (TPSA) is 32.8 Å². The van der Waals surface area contributed by atoms with E-state index >= 15 is 0 Å². The largest absolute Gasteiger partial charge is 0.443 e. The van der Waals surface area contributed by atoms with Crippen LogP contribution in [-0.4, -0.2) is 37.2 Å². The van der Waals surface area contributed by atoms with Crippen molar-refractivity contribution in [3.8, 4) is 0 Å². The first kappa shape index (κ1) is 17.4. The van der Waals surface area contributed by atoms with Crippen molar-refractivity contribution in [2.45, 2.75) is 39.7 Å². The molecule has 1 atom stereocenters. The van der Waals surface area contributed by atoms with Gasteiger partial charge in [0, 0.05) is 31.9 Å². The Hall–Kier alpha value is -1.97. The number of benzene rings is 1. The second-order valence-electron chi connectivity index (χ2n) is 7.47. The third kappa shape index (κ3) is 4.50. The summed E-state index contributed by atoms with van der Waals surface area (Å²) in [6.45, 7) is 8.53. The van der Waals surface area contributed by atoms with Crippen LogP contribution in [0.2, 0.25) is 0 Å². The van der Waals surface area contributed by atoms with Crippen molar-refractivity contribution in [3.63, 3.8) is 0 Å². The van der Waals surface area contributed by atoms with Crippen molar-refractivity contribution in [2.75, 3.05) is 25.5 Å². The summed E-state index contributed by atoms with van der Waals surface area (Å²) in [7, 11) is 4.03. The summed E-state index contributed by atoms with van der Waals surface area (Å²) in [6, 6.07) is 8.25. The quantitative estimate of drug-likeness (QED) is 0.812. The molecule has 0 aromatic heterocycles. The molecule has 1 unspecified atom stereocenters. The predicted molar refractivity (Wildman–Crippen MR) is 95.5 cm³/mol. The van der Waals surface area contributed by atoms with Crippen LogP contribution >= 0.6 is 0 Å². The van der Waals surface area contributed by atoms with Crippen molar-refractivity contribution >= 4 is 17.5 Å². The molecule has 0 saturated carbocycles. The zero-order chi connectivity index (χ0) is 17.2. The van der Waals surface area contributed by atoms with E-state index in [2.05, 4.69) is 30.0 Å². The Morgan fingerprint density at radius 2 is 2.00 bits per heavy atom. The maximum atomic E-state index is 12.6. The molecule has 0 aliphatic carbocycles. The van der Waals surface area contributed by atoms with Gasteiger partial charge in [0.1, 0.15) is 5.60 Å². The molecule has 0 radical (unpaired) electrons. The lowest BCUT2D eigenvalue weighted by Crippen LogP contribution is -2.39. The molecular weight excluding hydrogens is 288 g/mol. The fourth-order valence-electron chi connectivity index (χ4n) is 2.61. The lowest BCUT2D eigenvalue weighted by Gasteiger charge is -2.34. The Bertz CT molecular complexity index is 600. The Labute approximate surface area is 139 Å². The first-order valence-corrected chi connectivity index (χ1v) is 8.16. The van der Waals surface area contributed by atoms with Crippen LogP contribution in [0.25, 0.3) is 5.70 Å². The molecule has 1 amide bonds. The molecule has 0 saturated heterocycles. The van der Waals surface area contributed by atoms with Crippen molar-refractivity contribution in [2.24, 2.45) is 5.92 Å². The van der Waals surface area contributed by atoms with Crippen LogP contribution in [0.4, 0.5) is 10.5 Å². The van der Waals surface area contributed by atoms with Gasteiger partial charge in [-0.1, -0.05) is 25.1 Å². The van der Waals surface area contributed by atoms with Crippen LogP contribution in [0.1, 0.15) is 39.7 Å². The van der Waals surface area contributed by atoms with Crippen LogP contribution in [0, 0.1) is 5.92 Å². The molecule has 23 heavy (non-hydrogen) atoms. The second kappa shape index (κ2) is 6.65. The fourth-order valence-corrected chi connectivity index (χ4v) is 2.61. The average Bonchev–Trinajstić information content (AvgIpc) is 2.45. The van der Waals surface area contributed by atoms with E-state index in [9.17, 15) is 4.79 Å². The number of hydrogen-bond acceptors (Lipinski definition) is 3. The summed E-state index contributed by atoms with van der Waals surface area (Å²) in [5, 5.41) is 0. The Balaban J connectivity index is 2.33. The average molecular weight is 316 g/mol. The molecule has 1 aromatic rings. The molecule has 0 spiro atoms. The maximum Gasteiger partial charge on any atom is 0.414 e. The van der Waals surface area contributed by atoms with Crippen LogP contribution in [0.3, 0.4) is 0 Å². The van der Waals surface area contributed by atoms with Gasteiger partial charge in [-0.25, -0.2) is 4.79 Å². The van der Waals surface area contributed by atoms with Gasteiger partial charge in [-0.2, -0.15) is 0 Å². The number of anilines is 1. The molecule has 126 valence electrons. The fraction of sp³-hybridized carbons (Fsp3) is 0.526. The zero-order valence-electron chi connectivity index (χ0n) is 15.1. The minimum absolute atomic E-state index is 0.273. The Morgan fingerprint density at radius 3 is 2.61 bits per heavy atom. The summed E-state index contributed by atoms with van der Waals surface area (Å²) in [4.78, 5) is 16.4. The van der Waals surface area contributed by atoms with Crippen molar-refractivity contribution in [1.29, 1.82) is 0 Å². The lowest BCUT2D eigenvalue weighted by molar-refractivity contribution is 0.0327. The van der Waals surface area contributed by atoms with E-state index in [0.717, 1.165) is 23.4 Å². The number of rotatable bonds is 2. The van der Waals surface area contributed by atoms with Gasteiger partial charge in [0.2, 0.25) is 0 Å². The molecule has 4 heteroatoms. The predicted octanol–water partition coefficient (Wildman–Crippen LogP) is 4.37. The summed E-state index contributed by atoms with van der Waals surface area (Å²) in [5.74, 6) is 0.434. The summed E-state index contributed by atoms with van der Waals surface area (Å²) in [5.41, 5.74) is 2.62. The summed E-state index contributed by atoms with van der Waals surface area (Å²) in [6.07, 6.45) is 2.85. The van der Waals surface area contributed by atoms with Gasteiger partial charge in [0.05, 0.1) is 5.70 Å². The van der Waals surface area contributed by atoms with Crippen LogP contribution in [0.15, 0.2) is 30.3 Å². The number of carbonyl (C=O) groups excluding carboxylic acids is 1. The van der Waals surface area contributed by atoms with Crippen LogP contribution in [-0.2, 0) is 4.74 Å². The highest BCUT2D eigenvalue weighted by Gasteiger charge is 2.29. The first-order valence-electron chi connectivity index (χ1n) is 8.16. The van der Waals surface area contributed by atoms with Gasteiger partial charge in [0.15, 0.2) is 0 Å². The number of nitrogens with zero attached hydrogens (tertiary/aromatic N) is 2. The van der Waals surface area contributed by atoms with Crippen molar-refractivity contribution in [3.05, 3.63) is 35.9 Å². The number of amides is 1. The van der Waals surface area contributed by atoms with Gasteiger partial charge in [0.25, 0.3) is 0 Å². The van der Waals surface area contributed by atoms with E-state index in [-0.39, 0.29) is 6.09 Å². The normalized spacial score (nSPS) is 18.4. The van der Waals surface area contributed by atoms with E-state index < -0.39 is 5.60 Å². The van der Waals surface area contributed by atoms with E-state index in [0.29, 0.717) is 12.5 Å². The molecule has 4 nitrogen and oxygen atoms in total.